The number of nitrogens with zero attached hydrogens (tertiary/aromatic N) is 1. The van der Waals surface area contributed by atoms with Gasteiger partial charge < -0.3 is 9.53 Å². The van der Waals surface area contributed by atoms with Crippen molar-refractivity contribution >= 4 is 22.2 Å². The first-order valence-electron chi connectivity index (χ1n) is 10.2. The molecule has 9 heteroatoms. The van der Waals surface area contributed by atoms with Gasteiger partial charge in [-0.3, -0.25) is 10.0 Å². The molecule has 0 saturated carbocycles. The van der Waals surface area contributed by atoms with Crippen molar-refractivity contribution in [1.29, 1.82) is 0 Å². The van der Waals surface area contributed by atoms with Crippen molar-refractivity contribution in [1.82, 2.24) is 9.79 Å². The van der Waals surface area contributed by atoms with E-state index in [1.165, 1.54) is 17.6 Å². The molecule has 1 amide bonds. The third-order valence-electron chi connectivity index (χ3n) is 4.53. The highest BCUT2D eigenvalue weighted by molar-refractivity contribution is 7.89. The summed E-state index contributed by atoms with van der Waals surface area (Å²) in [6.07, 6.45) is 0.154. The maximum absolute atomic E-state index is 13.2. The minimum atomic E-state index is -4.27. The van der Waals surface area contributed by atoms with Crippen LogP contribution in [0.2, 0.25) is 0 Å². The lowest BCUT2D eigenvalue weighted by molar-refractivity contribution is -0.136. The van der Waals surface area contributed by atoms with Crippen molar-refractivity contribution in [2.75, 3.05) is 13.2 Å². The van der Waals surface area contributed by atoms with Crippen LogP contribution in [0.15, 0.2) is 53.4 Å². The average Bonchev–Trinajstić information content (AvgIpc) is 2.77. The van der Waals surface area contributed by atoms with Gasteiger partial charge in [0.15, 0.2) is 6.04 Å². The maximum atomic E-state index is 13.2. The van der Waals surface area contributed by atoms with Crippen molar-refractivity contribution in [3.63, 3.8) is 0 Å². The van der Waals surface area contributed by atoms with Crippen LogP contribution in [0.4, 0.5) is 0 Å². The van der Waals surface area contributed by atoms with E-state index in [4.69, 9.17) is 9.94 Å². The average molecular weight is 473 g/mol. The van der Waals surface area contributed by atoms with Crippen LogP contribution in [0.3, 0.4) is 0 Å². The van der Waals surface area contributed by atoms with Crippen molar-refractivity contribution in [3.8, 4) is 11.8 Å². The molecule has 0 bridgehead atoms. The summed E-state index contributed by atoms with van der Waals surface area (Å²) in [6.45, 7) is 7.02. The summed E-state index contributed by atoms with van der Waals surface area (Å²) in [6, 6.07) is 11.7. The van der Waals surface area contributed by atoms with Crippen molar-refractivity contribution < 1.29 is 28.0 Å². The second kappa shape index (κ2) is 11.2. The van der Waals surface area contributed by atoms with Gasteiger partial charge in [-0.1, -0.05) is 29.5 Å². The smallest absolute Gasteiger partial charge is 0.269 e. The van der Waals surface area contributed by atoms with Crippen molar-refractivity contribution in [3.05, 3.63) is 65.2 Å². The van der Waals surface area contributed by atoms with Gasteiger partial charge in [-0.05, 0) is 64.1 Å². The van der Waals surface area contributed by atoms with Crippen LogP contribution >= 0.6 is 0 Å². The highest BCUT2D eigenvalue weighted by Gasteiger charge is 2.36. The first-order valence-corrected chi connectivity index (χ1v) is 11.7. The molecule has 0 unspecified atom stereocenters. The molecule has 0 fully saturated rings. The lowest BCUT2D eigenvalue weighted by atomic mass is 10.1. The van der Waals surface area contributed by atoms with E-state index in [0.29, 0.717) is 9.87 Å². The Bertz CT molecular complexity index is 1120. The molecule has 0 aliphatic rings. The highest BCUT2D eigenvalue weighted by Crippen LogP contribution is 2.19. The van der Waals surface area contributed by atoms with E-state index in [-0.39, 0.29) is 24.3 Å². The second-order valence-electron chi connectivity index (χ2n) is 8.27. The molecule has 2 aromatic carbocycles. The van der Waals surface area contributed by atoms with E-state index in [1.54, 1.807) is 32.9 Å². The van der Waals surface area contributed by atoms with Gasteiger partial charge in [-0.2, -0.15) is 4.31 Å². The van der Waals surface area contributed by atoms with Crippen LogP contribution in [-0.2, 0) is 24.3 Å². The summed E-state index contributed by atoms with van der Waals surface area (Å²) in [5.41, 5.74) is 3.32. The van der Waals surface area contributed by atoms with Gasteiger partial charge in [0.05, 0.1) is 17.1 Å². The summed E-state index contributed by atoms with van der Waals surface area (Å²) in [5.74, 6) is 4.81. The number of carbonyl (C=O) groups excluding carboxylic acids is 2. The molecule has 2 N–H and O–H groups in total. The van der Waals surface area contributed by atoms with E-state index in [1.807, 2.05) is 31.2 Å². The zero-order valence-electron chi connectivity index (χ0n) is 19.0. The van der Waals surface area contributed by atoms with Gasteiger partial charge in [-0.15, -0.1) is 0 Å². The van der Waals surface area contributed by atoms with Gasteiger partial charge in [0, 0.05) is 17.7 Å². The molecular formula is C24H28N2O6S. The number of nitrogens with one attached hydrogen (secondary N) is 1. The maximum Gasteiger partial charge on any atom is 0.269 e. The SMILES string of the molecule is Cc1ccc(C#Cc2ccc(S(=O)(=O)N(CCOC(C)(C)C)[C@@H](C=O)C(=O)NO)cc2)cc1. The van der Waals surface area contributed by atoms with E-state index in [0.717, 1.165) is 11.1 Å². The zero-order valence-corrected chi connectivity index (χ0v) is 19.8. The number of aryl methyl sites for hydroxylation is 1. The first kappa shape index (κ1) is 26.2. The molecule has 0 saturated heterocycles. The highest BCUT2D eigenvalue weighted by atomic mass is 32.2. The van der Waals surface area contributed by atoms with Crippen LogP contribution in [0.5, 0.6) is 0 Å². The Balaban J connectivity index is 2.31. The Morgan fingerprint density at radius 2 is 1.61 bits per heavy atom. The quantitative estimate of drug-likeness (QED) is 0.200. The molecule has 0 radical (unpaired) electrons. The minimum absolute atomic E-state index is 0.0636. The molecule has 176 valence electrons. The van der Waals surface area contributed by atoms with E-state index in [2.05, 4.69) is 11.8 Å². The number of carbonyl (C=O) groups is 2. The summed E-state index contributed by atoms with van der Waals surface area (Å²) in [7, 11) is -4.27. The fourth-order valence-corrected chi connectivity index (χ4v) is 4.31. The Hall–Kier alpha value is -3.03. The third-order valence-corrected chi connectivity index (χ3v) is 6.42. The third kappa shape index (κ3) is 7.51. The largest absolute Gasteiger partial charge is 0.374 e. The second-order valence-corrected chi connectivity index (χ2v) is 10.2. The Labute approximate surface area is 194 Å². The van der Waals surface area contributed by atoms with Crippen LogP contribution in [0, 0.1) is 18.8 Å². The predicted molar refractivity (Wildman–Crippen MR) is 123 cm³/mol. The molecule has 33 heavy (non-hydrogen) atoms. The fraction of sp³-hybridized carbons (Fsp3) is 0.333. The number of benzene rings is 2. The standard InChI is InChI=1S/C24H28N2O6S/c1-18-5-7-19(8-6-18)9-10-20-11-13-21(14-12-20)33(30,31)26(15-16-32-24(2,3)4)22(17-27)23(28)25-29/h5-8,11-14,17,22,29H,15-16H2,1-4H3,(H,25,28)/t22-/m0/s1. The number of rotatable bonds is 8. The lowest BCUT2D eigenvalue weighted by Gasteiger charge is -2.28. The Morgan fingerprint density at radius 3 is 2.06 bits per heavy atom. The number of hydrogen-bond acceptors (Lipinski definition) is 6. The predicted octanol–water partition coefficient (Wildman–Crippen LogP) is 2.27. The number of hydrogen-bond donors (Lipinski definition) is 2. The number of sulfonamides is 1. The normalized spacial score (nSPS) is 12.5. The Morgan fingerprint density at radius 1 is 1.09 bits per heavy atom. The molecular weight excluding hydrogens is 444 g/mol. The van der Waals surface area contributed by atoms with E-state index in [9.17, 15) is 18.0 Å². The topological polar surface area (TPSA) is 113 Å². The van der Waals surface area contributed by atoms with Gasteiger partial charge in [0.25, 0.3) is 5.91 Å². The monoisotopic (exact) mass is 472 g/mol. The van der Waals surface area contributed by atoms with Crippen LogP contribution < -0.4 is 5.48 Å². The summed E-state index contributed by atoms with van der Waals surface area (Å²) < 4.78 is 32.8. The van der Waals surface area contributed by atoms with Crippen LogP contribution in [-0.4, -0.2) is 54.9 Å². The van der Waals surface area contributed by atoms with Crippen molar-refractivity contribution in [2.45, 2.75) is 44.2 Å². The minimum Gasteiger partial charge on any atom is -0.374 e. The van der Waals surface area contributed by atoms with Gasteiger partial charge >= 0.3 is 0 Å². The van der Waals surface area contributed by atoms with E-state index < -0.39 is 27.6 Å². The molecule has 0 aliphatic carbocycles. The molecule has 2 rings (SSSR count). The van der Waals surface area contributed by atoms with Gasteiger partial charge in [-0.25, -0.2) is 13.9 Å². The zero-order chi connectivity index (χ0) is 24.6. The van der Waals surface area contributed by atoms with Crippen molar-refractivity contribution in [2.24, 2.45) is 0 Å². The molecule has 0 spiro atoms. The summed E-state index contributed by atoms with van der Waals surface area (Å²) in [5, 5.41) is 8.95. The van der Waals surface area contributed by atoms with Gasteiger partial charge in [0.1, 0.15) is 6.29 Å². The number of aldehydes is 1. The summed E-state index contributed by atoms with van der Waals surface area (Å²) in [4.78, 5) is 23.4. The Kier molecular flexibility index (Phi) is 8.91. The molecule has 2 aromatic rings. The van der Waals surface area contributed by atoms with E-state index >= 15 is 0 Å². The molecule has 0 aromatic heterocycles. The number of ether oxygens (including phenoxy) is 1. The molecule has 0 heterocycles. The lowest BCUT2D eigenvalue weighted by Crippen LogP contribution is -2.51. The fourth-order valence-electron chi connectivity index (χ4n) is 2.80. The molecule has 8 nitrogen and oxygen atoms in total. The summed E-state index contributed by atoms with van der Waals surface area (Å²) >= 11 is 0. The molecule has 1 atom stereocenters. The number of amides is 1. The van der Waals surface area contributed by atoms with Crippen LogP contribution in [0.1, 0.15) is 37.5 Å². The number of hydroxylamine groups is 1. The van der Waals surface area contributed by atoms with Crippen LogP contribution in [0.25, 0.3) is 0 Å². The first-order chi connectivity index (χ1) is 15.5. The molecule has 0 aliphatic heterocycles. The van der Waals surface area contributed by atoms with Gasteiger partial charge in [0.2, 0.25) is 10.0 Å².